The van der Waals surface area contributed by atoms with Gasteiger partial charge in [-0.1, -0.05) is 115 Å². The fourth-order valence-corrected chi connectivity index (χ4v) is 8.09. The van der Waals surface area contributed by atoms with Gasteiger partial charge in [-0.15, -0.1) is 0 Å². The fraction of sp³-hybridized carbons (Fsp3) is 0.0435. The van der Waals surface area contributed by atoms with E-state index in [0.717, 1.165) is 45.1 Å². The van der Waals surface area contributed by atoms with Crippen LogP contribution in [0.15, 0.2) is 158 Å². The van der Waals surface area contributed by atoms with Crippen molar-refractivity contribution in [1.29, 1.82) is 0 Å². The first-order chi connectivity index (χ1) is 24.7. The molecule has 10 rings (SSSR count). The predicted octanol–water partition coefficient (Wildman–Crippen LogP) is 11.8. The maximum Gasteiger partial charge on any atom is 0.111 e. The topological polar surface area (TPSA) is 35.6 Å². The van der Waals surface area contributed by atoms with Crippen molar-refractivity contribution in [2.45, 2.75) is 13.8 Å². The Labute approximate surface area is 289 Å². The number of hydrogen-bond acceptors (Lipinski definition) is 2. The molecule has 0 aliphatic heterocycles. The number of para-hydroxylation sites is 4. The number of benzene rings is 8. The van der Waals surface area contributed by atoms with Crippen molar-refractivity contribution in [3.8, 4) is 33.6 Å². The van der Waals surface area contributed by atoms with Crippen molar-refractivity contribution >= 4 is 54.4 Å². The lowest BCUT2D eigenvalue weighted by Gasteiger charge is -2.22. The maximum absolute atomic E-state index is 4.99. The lowest BCUT2D eigenvalue weighted by molar-refractivity contribution is 1.01. The molecule has 0 amide bonds. The van der Waals surface area contributed by atoms with E-state index >= 15 is 0 Å². The molecule has 0 spiro atoms. The third kappa shape index (κ3) is 4.18. The molecule has 4 heteroatoms. The summed E-state index contributed by atoms with van der Waals surface area (Å²) in [4.78, 5) is 9.98. The van der Waals surface area contributed by atoms with E-state index in [2.05, 4.69) is 181 Å². The normalized spacial score (nSPS) is 11.8. The van der Waals surface area contributed by atoms with Crippen molar-refractivity contribution in [1.82, 2.24) is 19.1 Å². The molecule has 0 radical (unpaired) electrons. The number of imidazole rings is 2. The molecule has 0 aliphatic carbocycles. The zero-order chi connectivity index (χ0) is 33.3. The largest absolute Gasteiger partial charge is 0.296 e. The van der Waals surface area contributed by atoms with Crippen LogP contribution >= 0.6 is 0 Å². The molecular formula is C46H32N4. The highest BCUT2D eigenvalue weighted by atomic mass is 15.1. The van der Waals surface area contributed by atoms with Gasteiger partial charge in [0.2, 0.25) is 0 Å². The van der Waals surface area contributed by atoms with Crippen molar-refractivity contribution in [2.75, 3.05) is 0 Å². The predicted molar refractivity (Wildman–Crippen MR) is 209 cm³/mol. The van der Waals surface area contributed by atoms with Gasteiger partial charge in [-0.25, -0.2) is 9.97 Å². The Bertz CT molecular complexity index is 2810. The number of aromatic nitrogens is 4. The van der Waals surface area contributed by atoms with Crippen molar-refractivity contribution in [3.05, 3.63) is 169 Å². The molecule has 8 aromatic carbocycles. The maximum atomic E-state index is 4.99. The first-order valence-electron chi connectivity index (χ1n) is 17.1. The highest BCUT2D eigenvalue weighted by Crippen LogP contribution is 2.47. The van der Waals surface area contributed by atoms with Crippen molar-refractivity contribution in [3.63, 3.8) is 0 Å². The third-order valence-corrected chi connectivity index (χ3v) is 10.2. The first-order valence-corrected chi connectivity index (χ1v) is 17.1. The quantitative estimate of drug-likeness (QED) is 0.179. The Hall–Kier alpha value is -6.52. The number of fused-ring (bicyclic) bond motifs is 5. The number of hydrogen-bond donors (Lipinski definition) is 0. The van der Waals surface area contributed by atoms with E-state index in [0.29, 0.717) is 0 Å². The molecule has 0 saturated heterocycles. The summed E-state index contributed by atoms with van der Waals surface area (Å²) in [6, 6.07) is 56.8. The molecule has 2 heterocycles. The van der Waals surface area contributed by atoms with E-state index in [9.17, 15) is 0 Å². The number of rotatable bonds is 4. The molecule has 4 nitrogen and oxygen atoms in total. The minimum absolute atomic E-state index is 0.959. The summed E-state index contributed by atoms with van der Waals surface area (Å²) < 4.78 is 4.63. The summed E-state index contributed by atoms with van der Waals surface area (Å²) in [5.41, 5.74) is 11.3. The molecule has 0 unspecified atom stereocenters. The van der Waals surface area contributed by atoms with Crippen LogP contribution in [0, 0.1) is 13.8 Å². The lowest BCUT2D eigenvalue weighted by atomic mass is 9.84. The van der Waals surface area contributed by atoms with Crippen LogP contribution in [0.5, 0.6) is 0 Å². The van der Waals surface area contributed by atoms with Crippen LogP contribution in [0.4, 0.5) is 0 Å². The van der Waals surface area contributed by atoms with Gasteiger partial charge < -0.3 is 0 Å². The van der Waals surface area contributed by atoms with Gasteiger partial charge in [-0.2, -0.15) is 0 Å². The van der Waals surface area contributed by atoms with Crippen LogP contribution in [-0.4, -0.2) is 19.1 Å². The van der Waals surface area contributed by atoms with Gasteiger partial charge in [0.1, 0.15) is 11.6 Å². The molecule has 0 saturated carbocycles. The van der Waals surface area contributed by atoms with Gasteiger partial charge in [0.05, 0.1) is 33.4 Å². The van der Waals surface area contributed by atoms with E-state index in [1.807, 2.05) is 0 Å². The molecule has 0 N–H and O–H groups in total. The number of nitrogens with zero attached hydrogens (tertiary/aromatic N) is 4. The molecule has 10 aromatic rings. The van der Waals surface area contributed by atoms with Crippen LogP contribution in [-0.2, 0) is 0 Å². The summed E-state index contributed by atoms with van der Waals surface area (Å²) in [6.07, 6.45) is 0. The van der Waals surface area contributed by atoms with Gasteiger partial charge in [-0.05, 0) is 100 Å². The van der Waals surface area contributed by atoms with Gasteiger partial charge in [0, 0.05) is 10.8 Å². The Morgan fingerprint density at radius 2 is 0.920 bits per heavy atom. The third-order valence-electron chi connectivity index (χ3n) is 10.2. The summed E-state index contributed by atoms with van der Waals surface area (Å²) in [5.74, 6) is 1.92. The number of aryl methyl sites for hydroxylation is 2. The Morgan fingerprint density at radius 1 is 0.400 bits per heavy atom. The summed E-state index contributed by atoms with van der Waals surface area (Å²) in [6.45, 7) is 4.21. The minimum atomic E-state index is 0.959. The van der Waals surface area contributed by atoms with E-state index < -0.39 is 0 Å². The standard InChI is InChI=1S/C46H32N4/c1-29-47-39-20-8-10-22-43(39)49(29)41-24-12-18-35-37(41)28-38-36(19-13-25-42(38)50-30(2)48-40-21-9-11-23-44(40)50)46(35)45-33-17-7-6-16-32(33)26-27-34(45)31-14-4-3-5-15-31/h3-28H,1-2H3. The summed E-state index contributed by atoms with van der Waals surface area (Å²) in [7, 11) is 0. The van der Waals surface area contributed by atoms with Gasteiger partial charge >= 0.3 is 0 Å². The molecule has 50 heavy (non-hydrogen) atoms. The van der Waals surface area contributed by atoms with Crippen LogP contribution in [0.3, 0.4) is 0 Å². The lowest BCUT2D eigenvalue weighted by Crippen LogP contribution is -2.02. The van der Waals surface area contributed by atoms with E-state index in [1.54, 1.807) is 0 Å². The SMILES string of the molecule is Cc1nc2ccccc2n1-c1cccc2c(-c3c(-c4ccccc4)ccc4ccccc34)c3cccc(-n4c(C)nc5ccccc54)c3cc12. The first kappa shape index (κ1) is 28.5. The van der Waals surface area contributed by atoms with Gasteiger partial charge in [-0.3, -0.25) is 9.13 Å². The van der Waals surface area contributed by atoms with E-state index in [1.165, 1.54) is 54.6 Å². The molecule has 0 aliphatic rings. The molecule has 0 fully saturated rings. The highest BCUT2D eigenvalue weighted by Gasteiger charge is 2.22. The molecule has 2 aromatic heterocycles. The van der Waals surface area contributed by atoms with Crippen molar-refractivity contribution in [2.24, 2.45) is 0 Å². The Morgan fingerprint density at radius 3 is 1.54 bits per heavy atom. The second-order valence-corrected chi connectivity index (χ2v) is 13.0. The molecule has 0 atom stereocenters. The van der Waals surface area contributed by atoms with E-state index in [-0.39, 0.29) is 0 Å². The molecule has 0 bridgehead atoms. The van der Waals surface area contributed by atoms with Crippen molar-refractivity contribution < 1.29 is 0 Å². The van der Waals surface area contributed by atoms with Gasteiger partial charge in [0.25, 0.3) is 0 Å². The summed E-state index contributed by atoms with van der Waals surface area (Å²) >= 11 is 0. The fourth-order valence-electron chi connectivity index (χ4n) is 8.09. The van der Waals surface area contributed by atoms with Crippen LogP contribution in [0.2, 0.25) is 0 Å². The Balaban J connectivity index is 1.43. The smallest absolute Gasteiger partial charge is 0.111 e. The van der Waals surface area contributed by atoms with Gasteiger partial charge in [0.15, 0.2) is 0 Å². The molecular weight excluding hydrogens is 609 g/mol. The zero-order valence-corrected chi connectivity index (χ0v) is 27.8. The monoisotopic (exact) mass is 640 g/mol. The summed E-state index contributed by atoms with van der Waals surface area (Å²) in [5, 5.41) is 7.18. The van der Waals surface area contributed by atoms with Crippen LogP contribution in [0.25, 0.3) is 88.0 Å². The zero-order valence-electron chi connectivity index (χ0n) is 27.8. The van der Waals surface area contributed by atoms with E-state index in [4.69, 9.17) is 9.97 Å². The minimum Gasteiger partial charge on any atom is -0.296 e. The Kier molecular flexibility index (Phi) is 6.27. The van der Waals surface area contributed by atoms with Crippen LogP contribution < -0.4 is 0 Å². The second-order valence-electron chi connectivity index (χ2n) is 13.0. The van der Waals surface area contributed by atoms with Crippen LogP contribution in [0.1, 0.15) is 11.6 Å². The second kappa shape index (κ2) is 11.0. The average Bonchev–Trinajstić information content (AvgIpc) is 3.68. The highest BCUT2D eigenvalue weighted by molar-refractivity contribution is 6.22. The average molecular weight is 641 g/mol. The molecule has 236 valence electrons.